The predicted molar refractivity (Wildman–Crippen MR) is 150 cm³/mol. The molecule has 202 valence electrons. The Bertz CT molecular complexity index is 1390. The topological polar surface area (TPSA) is 87.2 Å². The van der Waals surface area contributed by atoms with Crippen LogP contribution >= 0.6 is 11.8 Å². The standard InChI is InChI=1S/C31H32N2O5S/c1-19-10-7-11-20(2)25(19)32-16-8-15-31-23(24-29(37)38-17-9-14-30(24,3)39-31)27(35)33(26(31)28(32)36)22(18-34)21-12-5-4-6-13-21/h4-15,22-24,26,34H,16-18H2,1-3H3/t22-,23+,24-,26?,30+,31+/m1/s1. The van der Waals surface area contributed by atoms with Crippen molar-refractivity contribution < 1.29 is 24.2 Å². The number of rotatable bonds is 4. The van der Waals surface area contributed by atoms with E-state index in [2.05, 4.69) is 0 Å². The molecule has 8 heteroatoms. The van der Waals surface area contributed by atoms with Crippen molar-refractivity contribution in [1.82, 2.24) is 4.90 Å². The second kappa shape index (κ2) is 9.38. The van der Waals surface area contributed by atoms with Gasteiger partial charge in [-0.25, -0.2) is 0 Å². The van der Waals surface area contributed by atoms with Gasteiger partial charge in [0.2, 0.25) is 5.91 Å². The van der Waals surface area contributed by atoms with Crippen LogP contribution in [0.1, 0.15) is 29.7 Å². The highest BCUT2D eigenvalue weighted by atomic mass is 32.2. The Morgan fingerprint density at radius 2 is 1.69 bits per heavy atom. The van der Waals surface area contributed by atoms with Crippen molar-refractivity contribution in [3.8, 4) is 0 Å². The van der Waals surface area contributed by atoms with Crippen LogP contribution in [0.5, 0.6) is 0 Å². The fraction of sp³-hybridized carbons (Fsp3) is 0.387. The molecule has 4 aliphatic rings. The normalized spacial score (nSPS) is 32.3. The molecule has 2 aromatic carbocycles. The van der Waals surface area contributed by atoms with Gasteiger partial charge in [-0.2, -0.15) is 0 Å². The first-order valence-corrected chi connectivity index (χ1v) is 14.1. The number of amides is 2. The number of para-hydroxylation sites is 1. The molecular formula is C31H32N2O5S. The first-order valence-electron chi connectivity index (χ1n) is 13.3. The average Bonchev–Trinajstić information content (AvgIpc) is 3.17. The number of aliphatic hydroxyl groups excluding tert-OH is 1. The van der Waals surface area contributed by atoms with Gasteiger partial charge in [0.1, 0.15) is 12.6 Å². The largest absolute Gasteiger partial charge is 0.461 e. The summed E-state index contributed by atoms with van der Waals surface area (Å²) in [5.41, 5.74) is 3.48. The van der Waals surface area contributed by atoms with Crippen LogP contribution in [-0.4, -0.2) is 63.1 Å². The lowest BCUT2D eigenvalue weighted by Crippen LogP contribution is -2.55. The van der Waals surface area contributed by atoms with Crippen LogP contribution in [0.25, 0.3) is 0 Å². The van der Waals surface area contributed by atoms with Crippen LogP contribution in [0.4, 0.5) is 5.69 Å². The molecule has 6 atom stereocenters. The van der Waals surface area contributed by atoms with Crippen molar-refractivity contribution in [2.75, 3.05) is 24.7 Å². The van der Waals surface area contributed by atoms with Gasteiger partial charge in [0.15, 0.2) is 0 Å². The molecule has 1 N–H and O–H groups in total. The molecule has 0 aromatic heterocycles. The van der Waals surface area contributed by atoms with Crippen LogP contribution in [-0.2, 0) is 19.1 Å². The quantitative estimate of drug-likeness (QED) is 0.466. The smallest absolute Gasteiger partial charge is 0.311 e. The first kappa shape index (κ1) is 25.9. The Kier molecular flexibility index (Phi) is 6.23. The number of hydrogen-bond donors (Lipinski definition) is 1. The van der Waals surface area contributed by atoms with Crippen molar-refractivity contribution in [3.05, 3.63) is 89.5 Å². The summed E-state index contributed by atoms with van der Waals surface area (Å²) >= 11 is 1.50. The van der Waals surface area contributed by atoms with E-state index in [9.17, 15) is 19.5 Å². The fourth-order valence-electron chi connectivity index (χ4n) is 7.09. The minimum atomic E-state index is -1.01. The number of carbonyl (C=O) groups is 3. The van der Waals surface area contributed by atoms with E-state index in [1.165, 1.54) is 11.8 Å². The van der Waals surface area contributed by atoms with Crippen LogP contribution < -0.4 is 4.90 Å². The third kappa shape index (κ3) is 3.72. The number of carbonyl (C=O) groups excluding carboxylic acids is 3. The molecular weight excluding hydrogens is 512 g/mol. The molecule has 0 aliphatic carbocycles. The number of benzene rings is 2. The second-order valence-electron chi connectivity index (χ2n) is 11.0. The summed E-state index contributed by atoms with van der Waals surface area (Å²) < 4.78 is 3.79. The second-order valence-corrected chi connectivity index (χ2v) is 12.8. The third-order valence-corrected chi connectivity index (χ3v) is 10.4. The number of hydrogen-bond acceptors (Lipinski definition) is 6. The summed E-state index contributed by atoms with van der Waals surface area (Å²) in [6.07, 6.45) is 7.73. The Morgan fingerprint density at radius 1 is 0.974 bits per heavy atom. The van der Waals surface area contributed by atoms with Crippen molar-refractivity contribution in [3.63, 3.8) is 0 Å². The Labute approximate surface area is 232 Å². The van der Waals surface area contributed by atoms with Crippen molar-refractivity contribution >= 4 is 35.2 Å². The van der Waals surface area contributed by atoms with Gasteiger partial charge in [-0.1, -0.05) is 66.8 Å². The number of ether oxygens (including phenoxy) is 1. The highest BCUT2D eigenvalue weighted by Crippen LogP contribution is 2.66. The number of esters is 1. The number of cyclic esters (lactones) is 1. The lowest BCUT2D eigenvalue weighted by molar-refractivity contribution is -0.153. The fourth-order valence-corrected chi connectivity index (χ4v) is 9.23. The van der Waals surface area contributed by atoms with Gasteiger partial charge < -0.3 is 19.6 Å². The molecule has 4 heterocycles. The molecule has 39 heavy (non-hydrogen) atoms. The Balaban J connectivity index is 1.56. The van der Waals surface area contributed by atoms with E-state index in [0.717, 1.165) is 22.4 Å². The number of fused-ring (bicyclic) bond motifs is 2. The lowest BCUT2D eigenvalue weighted by Gasteiger charge is -2.40. The van der Waals surface area contributed by atoms with Crippen LogP contribution in [0, 0.1) is 25.7 Å². The van der Waals surface area contributed by atoms with Crippen LogP contribution in [0.15, 0.2) is 72.8 Å². The van der Waals surface area contributed by atoms with Crippen LogP contribution in [0.3, 0.4) is 0 Å². The molecule has 7 nitrogen and oxygen atoms in total. The van der Waals surface area contributed by atoms with Gasteiger partial charge in [-0.05, 0) is 43.5 Å². The SMILES string of the molecule is Cc1cccc(C)c1N1CC=C[C@]23S[C@@]4(C)C=CCOC(=O)[C@H]4[C@H]2C(=O)N([C@H](CO)c2ccccc2)C3C1=O. The van der Waals surface area contributed by atoms with Gasteiger partial charge in [-0.15, -0.1) is 11.8 Å². The number of thioether (sulfide) groups is 1. The summed E-state index contributed by atoms with van der Waals surface area (Å²) in [7, 11) is 0. The maximum Gasteiger partial charge on any atom is 0.311 e. The van der Waals surface area contributed by atoms with E-state index in [1.807, 2.05) is 93.6 Å². The maximum absolute atomic E-state index is 14.8. The van der Waals surface area contributed by atoms with Gasteiger partial charge in [0.05, 0.1) is 29.2 Å². The molecule has 0 bridgehead atoms. The Hall–Kier alpha value is -3.36. The van der Waals surface area contributed by atoms with E-state index in [1.54, 1.807) is 9.80 Å². The minimum Gasteiger partial charge on any atom is -0.461 e. The molecule has 2 amide bonds. The zero-order chi connectivity index (χ0) is 27.5. The minimum absolute atomic E-state index is 0.158. The number of aryl methyl sites for hydroxylation is 2. The molecule has 1 unspecified atom stereocenters. The number of aliphatic hydroxyl groups is 1. The van der Waals surface area contributed by atoms with E-state index in [4.69, 9.17) is 4.74 Å². The van der Waals surface area contributed by atoms with Crippen molar-refractivity contribution in [2.24, 2.45) is 11.8 Å². The zero-order valence-corrected chi connectivity index (χ0v) is 23.1. The molecule has 4 aliphatic heterocycles. The van der Waals surface area contributed by atoms with E-state index in [0.29, 0.717) is 6.54 Å². The van der Waals surface area contributed by atoms with E-state index in [-0.39, 0.29) is 25.0 Å². The molecule has 2 aromatic rings. The van der Waals surface area contributed by atoms with Crippen molar-refractivity contribution in [2.45, 2.75) is 42.3 Å². The monoisotopic (exact) mass is 544 g/mol. The van der Waals surface area contributed by atoms with Gasteiger partial charge in [-0.3, -0.25) is 14.4 Å². The summed E-state index contributed by atoms with van der Waals surface area (Å²) in [6, 6.07) is 13.5. The van der Waals surface area contributed by atoms with E-state index < -0.39 is 39.4 Å². The van der Waals surface area contributed by atoms with Gasteiger partial charge >= 0.3 is 5.97 Å². The first-order chi connectivity index (χ1) is 18.7. The van der Waals surface area contributed by atoms with Gasteiger partial charge in [0.25, 0.3) is 5.91 Å². The molecule has 6 rings (SSSR count). The average molecular weight is 545 g/mol. The zero-order valence-electron chi connectivity index (χ0n) is 22.2. The van der Waals surface area contributed by atoms with E-state index >= 15 is 0 Å². The summed E-state index contributed by atoms with van der Waals surface area (Å²) in [5, 5.41) is 10.7. The highest BCUT2D eigenvalue weighted by Gasteiger charge is 2.74. The van der Waals surface area contributed by atoms with Gasteiger partial charge in [0, 0.05) is 17.0 Å². The summed E-state index contributed by atoms with van der Waals surface area (Å²) in [6.45, 7) is 6.06. The number of likely N-dealkylation sites (tertiary alicyclic amines) is 1. The van der Waals surface area contributed by atoms with Crippen LogP contribution in [0.2, 0.25) is 0 Å². The predicted octanol–water partition coefficient (Wildman–Crippen LogP) is 3.74. The molecule has 2 saturated heterocycles. The molecule has 1 spiro atoms. The highest BCUT2D eigenvalue weighted by molar-refractivity contribution is 8.02. The number of nitrogens with zero attached hydrogens (tertiary/aromatic N) is 2. The third-order valence-electron chi connectivity index (χ3n) is 8.65. The summed E-state index contributed by atoms with van der Waals surface area (Å²) in [4.78, 5) is 46.1. The molecule has 0 radical (unpaired) electrons. The van der Waals surface area contributed by atoms with Crippen molar-refractivity contribution in [1.29, 1.82) is 0 Å². The molecule has 2 fully saturated rings. The lowest BCUT2D eigenvalue weighted by atomic mass is 9.75. The summed E-state index contributed by atoms with van der Waals surface area (Å²) in [5.74, 6) is -2.53. The number of anilines is 1. The molecule has 0 saturated carbocycles. The maximum atomic E-state index is 14.8. The Morgan fingerprint density at radius 3 is 2.38 bits per heavy atom.